The highest BCUT2D eigenvalue weighted by Crippen LogP contribution is 2.34. The summed E-state index contributed by atoms with van der Waals surface area (Å²) in [7, 11) is 1.40. The number of rotatable bonds is 8. The van der Waals surface area contributed by atoms with Crippen LogP contribution in [0.5, 0.6) is 11.5 Å². The van der Waals surface area contributed by atoms with Crippen LogP contribution < -0.4 is 14.8 Å². The number of nitrogens with one attached hydrogen (secondary N) is 1. The van der Waals surface area contributed by atoms with Crippen molar-refractivity contribution in [3.63, 3.8) is 0 Å². The van der Waals surface area contributed by atoms with E-state index in [9.17, 15) is 14.9 Å². The number of nitrogens with zero attached hydrogens (tertiary/aromatic N) is 3. The van der Waals surface area contributed by atoms with Gasteiger partial charge in [-0.1, -0.05) is 0 Å². The fraction of sp³-hybridized carbons (Fsp3) is 0.211. The van der Waals surface area contributed by atoms with Gasteiger partial charge in [0.1, 0.15) is 10.6 Å². The molecule has 1 N–H and O–H groups in total. The van der Waals surface area contributed by atoms with Gasteiger partial charge in [0.2, 0.25) is 0 Å². The number of aromatic nitrogens is 2. The Hall–Kier alpha value is -3.53. The zero-order valence-corrected chi connectivity index (χ0v) is 16.6. The number of hydrogen-bond donors (Lipinski definition) is 1. The number of hydrogen-bond acceptors (Lipinski definition) is 8. The number of carbonyl (C=O) groups is 1. The van der Waals surface area contributed by atoms with Gasteiger partial charge in [-0.15, -0.1) is 11.3 Å². The Kier molecular flexibility index (Phi) is 6.35. The van der Waals surface area contributed by atoms with Gasteiger partial charge in [-0.3, -0.25) is 19.9 Å². The number of amides is 1. The van der Waals surface area contributed by atoms with Crippen molar-refractivity contribution in [2.24, 2.45) is 0 Å². The van der Waals surface area contributed by atoms with Crippen LogP contribution in [0.3, 0.4) is 0 Å². The number of benzene rings is 1. The van der Waals surface area contributed by atoms with Crippen molar-refractivity contribution in [1.82, 2.24) is 15.3 Å². The van der Waals surface area contributed by atoms with E-state index in [2.05, 4.69) is 15.3 Å². The second-order valence-electron chi connectivity index (χ2n) is 5.76. The molecule has 1 amide bonds. The van der Waals surface area contributed by atoms with E-state index in [0.29, 0.717) is 11.6 Å². The number of carbonyl (C=O) groups excluding carboxylic acids is 1. The van der Waals surface area contributed by atoms with E-state index in [1.807, 2.05) is 17.5 Å². The number of nitro groups is 1. The van der Waals surface area contributed by atoms with E-state index in [0.717, 1.165) is 11.3 Å². The van der Waals surface area contributed by atoms with Gasteiger partial charge in [-0.05, 0) is 19.1 Å². The molecule has 3 aromatic rings. The zero-order chi connectivity index (χ0) is 20.8. The average Bonchev–Trinajstić information content (AvgIpc) is 3.21. The molecule has 0 bridgehead atoms. The molecule has 29 heavy (non-hydrogen) atoms. The van der Waals surface area contributed by atoms with Crippen molar-refractivity contribution in [3.8, 4) is 22.8 Å². The van der Waals surface area contributed by atoms with E-state index in [-0.39, 0.29) is 29.3 Å². The molecule has 0 unspecified atom stereocenters. The molecule has 0 fully saturated rings. The van der Waals surface area contributed by atoms with Crippen molar-refractivity contribution < 1.29 is 19.2 Å². The fourth-order valence-electron chi connectivity index (χ4n) is 2.61. The summed E-state index contributed by atoms with van der Waals surface area (Å²) in [4.78, 5) is 31.9. The molecular weight excluding hydrogens is 396 g/mol. The predicted octanol–water partition coefficient (Wildman–Crippen LogP) is 3.45. The Morgan fingerprint density at radius 3 is 2.69 bits per heavy atom. The topological polar surface area (TPSA) is 116 Å². The SMILES string of the molecule is CCOc1cc([N+](=O)[O-])c(C(=O)NCc2nc(-c3ccncc3)cs2)cc1OC. The lowest BCUT2D eigenvalue weighted by Crippen LogP contribution is -2.23. The Labute approximate surface area is 170 Å². The van der Waals surface area contributed by atoms with Crippen LogP contribution in [0, 0.1) is 10.1 Å². The second kappa shape index (κ2) is 9.11. The van der Waals surface area contributed by atoms with Gasteiger partial charge in [-0.2, -0.15) is 0 Å². The molecule has 2 heterocycles. The molecule has 0 saturated heterocycles. The quantitative estimate of drug-likeness (QED) is 0.443. The van der Waals surface area contributed by atoms with Crippen LogP contribution in [-0.4, -0.2) is 34.5 Å². The van der Waals surface area contributed by atoms with Crippen molar-refractivity contribution >= 4 is 22.9 Å². The second-order valence-corrected chi connectivity index (χ2v) is 6.70. The summed E-state index contributed by atoms with van der Waals surface area (Å²) in [5, 5.41) is 16.7. The third-order valence-electron chi connectivity index (χ3n) is 3.95. The first kappa shape index (κ1) is 20.2. The number of methoxy groups -OCH3 is 1. The average molecular weight is 414 g/mol. The molecule has 150 valence electrons. The van der Waals surface area contributed by atoms with Crippen molar-refractivity contribution in [2.75, 3.05) is 13.7 Å². The summed E-state index contributed by atoms with van der Waals surface area (Å²) >= 11 is 1.38. The summed E-state index contributed by atoms with van der Waals surface area (Å²) in [6, 6.07) is 6.19. The zero-order valence-electron chi connectivity index (χ0n) is 15.7. The van der Waals surface area contributed by atoms with Crippen LogP contribution >= 0.6 is 11.3 Å². The van der Waals surface area contributed by atoms with Crippen molar-refractivity contribution in [3.05, 3.63) is 62.7 Å². The molecule has 0 radical (unpaired) electrons. The molecule has 0 aliphatic heterocycles. The van der Waals surface area contributed by atoms with Crippen LogP contribution in [0.2, 0.25) is 0 Å². The van der Waals surface area contributed by atoms with Crippen LogP contribution in [0.25, 0.3) is 11.3 Å². The van der Waals surface area contributed by atoms with Gasteiger partial charge in [-0.25, -0.2) is 4.98 Å². The number of nitro benzene ring substituents is 1. The van der Waals surface area contributed by atoms with Gasteiger partial charge >= 0.3 is 0 Å². The molecule has 0 atom stereocenters. The van der Waals surface area contributed by atoms with Crippen LogP contribution in [0.1, 0.15) is 22.3 Å². The minimum atomic E-state index is -0.623. The number of ether oxygens (including phenoxy) is 2. The molecular formula is C19H18N4O5S. The van der Waals surface area contributed by atoms with Gasteiger partial charge in [0, 0.05) is 29.4 Å². The minimum Gasteiger partial charge on any atom is -0.493 e. The van der Waals surface area contributed by atoms with Crippen LogP contribution in [-0.2, 0) is 6.54 Å². The highest BCUT2D eigenvalue weighted by Gasteiger charge is 2.24. The maximum atomic E-state index is 12.6. The first-order chi connectivity index (χ1) is 14.0. The minimum absolute atomic E-state index is 0.110. The van der Waals surface area contributed by atoms with E-state index in [1.54, 1.807) is 19.3 Å². The normalized spacial score (nSPS) is 10.4. The lowest BCUT2D eigenvalue weighted by molar-refractivity contribution is -0.385. The molecule has 0 aliphatic carbocycles. The number of thiazole rings is 1. The number of pyridine rings is 1. The highest BCUT2D eigenvalue weighted by molar-refractivity contribution is 7.09. The highest BCUT2D eigenvalue weighted by atomic mass is 32.1. The van der Waals surface area contributed by atoms with Crippen LogP contribution in [0.15, 0.2) is 42.0 Å². The molecule has 9 nitrogen and oxygen atoms in total. The van der Waals surface area contributed by atoms with E-state index >= 15 is 0 Å². The predicted molar refractivity (Wildman–Crippen MR) is 107 cm³/mol. The Balaban J connectivity index is 1.78. The van der Waals surface area contributed by atoms with Crippen LogP contribution in [0.4, 0.5) is 5.69 Å². The maximum Gasteiger partial charge on any atom is 0.286 e. The van der Waals surface area contributed by atoms with Crippen molar-refractivity contribution in [1.29, 1.82) is 0 Å². The summed E-state index contributed by atoms with van der Waals surface area (Å²) in [5.41, 5.74) is 1.22. The monoisotopic (exact) mass is 414 g/mol. The molecule has 2 aromatic heterocycles. The first-order valence-corrected chi connectivity index (χ1v) is 9.53. The third kappa shape index (κ3) is 4.66. The summed E-state index contributed by atoms with van der Waals surface area (Å²) in [6.45, 7) is 2.20. The van der Waals surface area contributed by atoms with Gasteiger partial charge in [0.25, 0.3) is 11.6 Å². The largest absolute Gasteiger partial charge is 0.493 e. The van der Waals surface area contributed by atoms with Gasteiger partial charge < -0.3 is 14.8 Å². The lowest BCUT2D eigenvalue weighted by atomic mass is 10.1. The molecule has 1 aromatic carbocycles. The molecule has 0 saturated carbocycles. The van der Waals surface area contributed by atoms with Crippen molar-refractivity contribution in [2.45, 2.75) is 13.5 Å². The van der Waals surface area contributed by atoms with Gasteiger partial charge in [0.15, 0.2) is 11.5 Å². The standard InChI is InChI=1S/C19H18N4O5S/c1-3-28-17-9-15(23(25)26)13(8-16(17)27-2)19(24)21-10-18-22-14(11-29-18)12-4-6-20-7-5-12/h4-9,11H,3,10H2,1-2H3,(H,21,24). The lowest BCUT2D eigenvalue weighted by Gasteiger charge is -2.11. The summed E-state index contributed by atoms with van der Waals surface area (Å²) in [6.07, 6.45) is 3.35. The Morgan fingerprint density at radius 2 is 2.03 bits per heavy atom. The maximum absolute atomic E-state index is 12.6. The summed E-state index contributed by atoms with van der Waals surface area (Å²) in [5.74, 6) is -0.143. The first-order valence-electron chi connectivity index (χ1n) is 8.65. The van der Waals surface area contributed by atoms with Gasteiger partial charge in [0.05, 0.1) is 36.9 Å². The fourth-order valence-corrected chi connectivity index (χ4v) is 3.35. The van der Waals surface area contributed by atoms with E-state index < -0.39 is 10.8 Å². The molecule has 0 spiro atoms. The Bertz CT molecular complexity index is 1020. The third-order valence-corrected chi connectivity index (χ3v) is 4.80. The van der Waals surface area contributed by atoms with E-state index in [1.165, 1.54) is 30.6 Å². The molecule has 3 rings (SSSR count). The van der Waals surface area contributed by atoms with E-state index in [4.69, 9.17) is 9.47 Å². The summed E-state index contributed by atoms with van der Waals surface area (Å²) < 4.78 is 10.5. The molecule has 0 aliphatic rings. The smallest absolute Gasteiger partial charge is 0.286 e. The molecule has 10 heteroatoms. The Morgan fingerprint density at radius 1 is 1.28 bits per heavy atom.